The molecule has 2 aromatic rings. The molecule has 3 rings (SSSR count). The summed E-state index contributed by atoms with van der Waals surface area (Å²) in [6, 6.07) is 5.68. The largest absolute Gasteiger partial charge is 0.419 e. The molecule has 20 heavy (non-hydrogen) atoms. The molecule has 0 saturated heterocycles. The van der Waals surface area contributed by atoms with Gasteiger partial charge < -0.3 is 9.73 Å². The van der Waals surface area contributed by atoms with Crippen LogP contribution in [-0.2, 0) is 18.3 Å². The zero-order chi connectivity index (χ0) is 14.1. The minimum absolute atomic E-state index is 0.174. The van der Waals surface area contributed by atoms with Gasteiger partial charge >= 0.3 is 5.76 Å². The molecule has 1 amide bonds. The van der Waals surface area contributed by atoms with E-state index in [-0.39, 0.29) is 17.6 Å². The minimum Gasteiger partial charge on any atom is -0.408 e. The molecule has 1 aromatic heterocycles. The average molecular weight is 274 g/mol. The monoisotopic (exact) mass is 274 g/mol. The Bertz CT molecular complexity index is 695. The molecule has 0 unspecified atom stereocenters. The molecule has 1 fully saturated rings. The van der Waals surface area contributed by atoms with Gasteiger partial charge in [-0.2, -0.15) is 0 Å². The number of carbonyl (C=O) groups is 1. The van der Waals surface area contributed by atoms with Gasteiger partial charge in [0.05, 0.1) is 5.52 Å². The third-order valence-electron chi connectivity index (χ3n) is 4.04. The van der Waals surface area contributed by atoms with Crippen LogP contribution < -0.4 is 11.1 Å². The lowest BCUT2D eigenvalue weighted by molar-refractivity contribution is -0.127. The molecule has 5 nitrogen and oxygen atoms in total. The van der Waals surface area contributed by atoms with Gasteiger partial charge in [-0.15, -0.1) is 0 Å². The first-order valence-corrected chi connectivity index (χ1v) is 7.01. The highest BCUT2D eigenvalue weighted by Crippen LogP contribution is 2.26. The standard InChI is InChI=1S/C15H18N2O3/c1-17-12-9-10(5-6-13(12)20-15(17)19)7-8-16-14(18)11-3-2-4-11/h5-6,9,11H,2-4,7-8H2,1H3,(H,16,18). The maximum atomic E-state index is 11.7. The number of rotatable bonds is 4. The second-order valence-electron chi connectivity index (χ2n) is 5.40. The van der Waals surface area contributed by atoms with Gasteiger partial charge in [-0.05, 0) is 37.0 Å². The Morgan fingerprint density at radius 3 is 2.95 bits per heavy atom. The SMILES string of the molecule is Cn1c(=O)oc2ccc(CCNC(=O)C3CCC3)cc21. The van der Waals surface area contributed by atoms with E-state index in [4.69, 9.17) is 4.42 Å². The van der Waals surface area contributed by atoms with Crippen LogP contribution in [0, 0.1) is 5.92 Å². The number of benzene rings is 1. The number of amides is 1. The predicted octanol–water partition coefficient (Wildman–Crippen LogP) is 1.59. The van der Waals surface area contributed by atoms with Crippen molar-refractivity contribution >= 4 is 17.0 Å². The first-order valence-electron chi connectivity index (χ1n) is 7.01. The van der Waals surface area contributed by atoms with Crippen molar-refractivity contribution in [1.82, 2.24) is 9.88 Å². The molecule has 0 atom stereocenters. The fourth-order valence-electron chi connectivity index (χ4n) is 2.47. The van der Waals surface area contributed by atoms with Crippen LogP contribution in [0.5, 0.6) is 0 Å². The maximum Gasteiger partial charge on any atom is 0.419 e. The van der Waals surface area contributed by atoms with Gasteiger partial charge in [-0.25, -0.2) is 4.79 Å². The zero-order valence-corrected chi connectivity index (χ0v) is 11.5. The highest BCUT2D eigenvalue weighted by atomic mass is 16.4. The van der Waals surface area contributed by atoms with Gasteiger partial charge in [0.25, 0.3) is 0 Å². The van der Waals surface area contributed by atoms with Gasteiger partial charge in [0, 0.05) is 19.5 Å². The zero-order valence-electron chi connectivity index (χ0n) is 11.5. The lowest BCUT2D eigenvalue weighted by atomic mass is 9.85. The third-order valence-corrected chi connectivity index (χ3v) is 4.04. The molecule has 1 heterocycles. The number of carbonyl (C=O) groups excluding carboxylic acids is 1. The number of hydrogen-bond donors (Lipinski definition) is 1. The van der Waals surface area contributed by atoms with Crippen LogP contribution in [0.3, 0.4) is 0 Å². The highest BCUT2D eigenvalue weighted by molar-refractivity contribution is 5.79. The number of nitrogens with zero attached hydrogens (tertiary/aromatic N) is 1. The van der Waals surface area contributed by atoms with Crippen LogP contribution >= 0.6 is 0 Å². The molecular formula is C15H18N2O3. The summed E-state index contributed by atoms with van der Waals surface area (Å²) < 4.78 is 6.58. The molecule has 1 aliphatic carbocycles. The quantitative estimate of drug-likeness (QED) is 0.920. The van der Waals surface area contributed by atoms with Gasteiger partial charge in [0.15, 0.2) is 5.58 Å². The maximum absolute atomic E-state index is 11.7. The molecule has 5 heteroatoms. The summed E-state index contributed by atoms with van der Waals surface area (Å²) in [6.45, 7) is 0.632. The Morgan fingerprint density at radius 2 is 2.25 bits per heavy atom. The summed E-state index contributed by atoms with van der Waals surface area (Å²) in [7, 11) is 1.69. The van der Waals surface area contributed by atoms with E-state index >= 15 is 0 Å². The van der Waals surface area contributed by atoms with Crippen molar-refractivity contribution in [2.45, 2.75) is 25.7 Å². The summed E-state index contributed by atoms with van der Waals surface area (Å²) >= 11 is 0. The van der Waals surface area contributed by atoms with Gasteiger partial charge in [-0.1, -0.05) is 12.5 Å². The van der Waals surface area contributed by atoms with E-state index in [1.165, 1.54) is 11.0 Å². The number of nitrogens with one attached hydrogen (secondary N) is 1. The molecule has 0 spiro atoms. The normalized spacial score (nSPS) is 15.2. The summed E-state index contributed by atoms with van der Waals surface area (Å²) in [6.07, 6.45) is 3.97. The molecule has 1 aromatic carbocycles. The third kappa shape index (κ3) is 2.35. The Hall–Kier alpha value is -2.04. The van der Waals surface area contributed by atoms with Gasteiger partial charge in [0.2, 0.25) is 5.91 Å². The van der Waals surface area contributed by atoms with Crippen molar-refractivity contribution in [2.75, 3.05) is 6.54 Å². The van der Waals surface area contributed by atoms with Crippen LogP contribution in [0.4, 0.5) is 0 Å². The van der Waals surface area contributed by atoms with Crippen LogP contribution in [0.25, 0.3) is 11.1 Å². The molecule has 0 aliphatic heterocycles. The summed E-state index contributed by atoms with van der Waals surface area (Å²) in [4.78, 5) is 23.1. The number of aryl methyl sites for hydroxylation is 1. The van der Waals surface area contributed by atoms with E-state index in [9.17, 15) is 9.59 Å². The molecule has 106 valence electrons. The minimum atomic E-state index is -0.351. The van der Waals surface area contributed by atoms with Crippen molar-refractivity contribution in [3.63, 3.8) is 0 Å². The van der Waals surface area contributed by atoms with E-state index in [0.29, 0.717) is 12.1 Å². The van der Waals surface area contributed by atoms with Crippen LogP contribution in [0.1, 0.15) is 24.8 Å². The Morgan fingerprint density at radius 1 is 1.45 bits per heavy atom. The van der Waals surface area contributed by atoms with Crippen molar-refractivity contribution in [3.05, 3.63) is 34.3 Å². The Kier molecular flexibility index (Phi) is 3.34. The highest BCUT2D eigenvalue weighted by Gasteiger charge is 2.24. The van der Waals surface area contributed by atoms with E-state index in [2.05, 4.69) is 5.32 Å². The fraction of sp³-hybridized carbons (Fsp3) is 0.467. The van der Waals surface area contributed by atoms with Crippen LogP contribution in [0.2, 0.25) is 0 Å². The number of fused-ring (bicyclic) bond motifs is 1. The molecule has 1 aliphatic rings. The van der Waals surface area contributed by atoms with Crippen molar-refractivity contribution < 1.29 is 9.21 Å². The van der Waals surface area contributed by atoms with E-state index in [0.717, 1.165) is 30.3 Å². The average Bonchev–Trinajstić information content (AvgIpc) is 2.63. The molecule has 0 radical (unpaired) electrons. The van der Waals surface area contributed by atoms with E-state index in [1.54, 1.807) is 13.1 Å². The van der Waals surface area contributed by atoms with Crippen molar-refractivity contribution in [2.24, 2.45) is 13.0 Å². The summed E-state index contributed by atoms with van der Waals surface area (Å²) in [5, 5.41) is 2.97. The predicted molar refractivity (Wildman–Crippen MR) is 75.5 cm³/mol. The first kappa shape index (κ1) is 13.0. The van der Waals surface area contributed by atoms with Crippen molar-refractivity contribution in [1.29, 1.82) is 0 Å². The lowest BCUT2D eigenvalue weighted by Gasteiger charge is -2.24. The molecule has 1 N–H and O–H groups in total. The number of hydrogen-bond acceptors (Lipinski definition) is 3. The number of aromatic nitrogens is 1. The van der Waals surface area contributed by atoms with Crippen LogP contribution in [-0.4, -0.2) is 17.0 Å². The van der Waals surface area contributed by atoms with E-state index < -0.39 is 0 Å². The van der Waals surface area contributed by atoms with E-state index in [1.807, 2.05) is 12.1 Å². The fourth-order valence-corrected chi connectivity index (χ4v) is 2.47. The summed E-state index contributed by atoms with van der Waals surface area (Å²) in [5.74, 6) is 0.0515. The second kappa shape index (κ2) is 5.15. The van der Waals surface area contributed by atoms with Gasteiger partial charge in [0.1, 0.15) is 0 Å². The van der Waals surface area contributed by atoms with Crippen molar-refractivity contribution in [3.8, 4) is 0 Å². The molecular weight excluding hydrogens is 256 g/mol. The lowest BCUT2D eigenvalue weighted by Crippen LogP contribution is -2.35. The second-order valence-corrected chi connectivity index (χ2v) is 5.40. The molecule has 1 saturated carbocycles. The smallest absolute Gasteiger partial charge is 0.408 e. The van der Waals surface area contributed by atoms with Gasteiger partial charge in [-0.3, -0.25) is 9.36 Å². The Balaban J connectivity index is 1.64. The first-order chi connectivity index (χ1) is 9.65. The molecule has 0 bridgehead atoms. The number of oxazole rings is 1. The Labute approximate surface area is 116 Å². The topological polar surface area (TPSA) is 64.2 Å². The summed E-state index contributed by atoms with van der Waals surface area (Å²) in [5.41, 5.74) is 2.47. The van der Waals surface area contributed by atoms with Crippen LogP contribution in [0.15, 0.2) is 27.4 Å².